The number of nitrogens with zero attached hydrogens (tertiary/aromatic N) is 1. The lowest BCUT2D eigenvalue weighted by molar-refractivity contribution is 0.0952. The molecule has 0 radical (unpaired) electrons. The largest absolute Gasteiger partial charge is 0.350 e. The maximum Gasteiger partial charge on any atom is 0.253 e. The lowest BCUT2D eigenvalue weighted by Crippen LogP contribution is -2.22. The molecule has 4 heteroatoms. The Bertz CT molecular complexity index is 851. The number of hydrogen-bond donors (Lipinski definition) is 1. The molecule has 1 N–H and O–H groups in total. The van der Waals surface area contributed by atoms with E-state index >= 15 is 0 Å². The van der Waals surface area contributed by atoms with Gasteiger partial charge in [-0.3, -0.25) is 4.79 Å². The summed E-state index contributed by atoms with van der Waals surface area (Å²) in [5.41, 5.74) is 3.13. The van der Waals surface area contributed by atoms with Gasteiger partial charge >= 0.3 is 0 Å². The number of halogens is 1. The molecule has 2 aromatic carbocycles. The highest BCUT2D eigenvalue weighted by atomic mass is 19.1. The Morgan fingerprint density at radius 3 is 2.77 bits per heavy atom. The van der Waals surface area contributed by atoms with Crippen LogP contribution < -0.4 is 5.32 Å². The van der Waals surface area contributed by atoms with Gasteiger partial charge in [-0.2, -0.15) is 0 Å². The van der Waals surface area contributed by atoms with Crippen molar-refractivity contribution in [2.24, 2.45) is 7.05 Å². The van der Waals surface area contributed by atoms with Gasteiger partial charge in [0.15, 0.2) is 0 Å². The second kappa shape index (κ2) is 5.64. The van der Waals surface area contributed by atoms with Gasteiger partial charge in [-0.25, -0.2) is 4.39 Å². The van der Waals surface area contributed by atoms with Crippen LogP contribution in [0.1, 0.15) is 21.5 Å². The van der Waals surface area contributed by atoms with Crippen LogP contribution in [0.4, 0.5) is 4.39 Å². The minimum Gasteiger partial charge on any atom is -0.350 e. The van der Waals surface area contributed by atoms with Crippen molar-refractivity contribution in [3.05, 3.63) is 71.2 Å². The molecule has 0 spiro atoms. The first kappa shape index (κ1) is 14.3. The summed E-state index contributed by atoms with van der Waals surface area (Å²) >= 11 is 0. The minimum absolute atomic E-state index is 0.126. The number of fused-ring (bicyclic) bond motifs is 1. The van der Waals surface area contributed by atoms with E-state index in [2.05, 4.69) is 5.32 Å². The second-order valence-corrected chi connectivity index (χ2v) is 5.44. The van der Waals surface area contributed by atoms with Crippen LogP contribution in [0.3, 0.4) is 0 Å². The van der Waals surface area contributed by atoms with Gasteiger partial charge in [0.2, 0.25) is 0 Å². The van der Waals surface area contributed by atoms with Crippen LogP contribution in [0.15, 0.2) is 48.7 Å². The summed E-state index contributed by atoms with van der Waals surface area (Å²) in [5.74, 6) is -0.358. The first-order chi connectivity index (χ1) is 10.6. The average Bonchev–Trinajstić information content (AvgIpc) is 2.86. The summed E-state index contributed by atoms with van der Waals surface area (Å²) in [6.07, 6.45) is 1.83. The molecule has 1 aromatic heterocycles. The lowest BCUT2D eigenvalue weighted by atomic mass is 10.1. The van der Waals surface area contributed by atoms with Gasteiger partial charge in [0, 0.05) is 30.7 Å². The molecule has 0 saturated heterocycles. The molecule has 0 atom stereocenters. The SMILES string of the molecule is Cc1cc(CNC(=O)c2cn(C)c3ccccc23)ccc1F. The number of carbonyl (C=O) groups is 1. The summed E-state index contributed by atoms with van der Waals surface area (Å²) in [4.78, 5) is 12.4. The molecule has 0 bridgehead atoms. The molecule has 0 aliphatic carbocycles. The third kappa shape index (κ3) is 2.60. The molecule has 0 unspecified atom stereocenters. The zero-order chi connectivity index (χ0) is 15.7. The van der Waals surface area contributed by atoms with Crippen molar-refractivity contribution >= 4 is 16.8 Å². The third-order valence-corrected chi connectivity index (χ3v) is 3.82. The Kier molecular flexibility index (Phi) is 3.67. The van der Waals surface area contributed by atoms with Crippen molar-refractivity contribution in [1.29, 1.82) is 0 Å². The van der Waals surface area contributed by atoms with Crippen LogP contribution >= 0.6 is 0 Å². The van der Waals surface area contributed by atoms with Gasteiger partial charge in [-0.05, 0) is 30.2 Å². The molecule has 0 saturated carbocycles. The van der Waals surface area contributed by atoms with Crippen molar-refractivity contribution < 1.29 is 9.18 Å². The monoisotopic (exact) mass is 296 g/mol. The minimum atomic E-state index is -0.232. The first-order valence-corrected chi connectivity index (χ1v) is 7.13. The Morgan fingerprint density at radius 2 is 2.00 bits per heavy atom. The van der Waals surface area contributed by atoms with E-state index < -0.39 is 0 Å². The van der Waals surface area contributed by atoms with E-state index in [-0.39, 0.29) is 11.7 Å². The van der Waals surface area contributed by atoms with E-state index in [0.29, 0.717) is 17.7 Å². The molecule has 0 fully saturated rings. The number of hydrogen-bond acceptors (Lipinski definition) is 1. The van der Waals surface area contributed by atoms with Crippen LogP contribution in [-0.2, 0) is 13.6 Å². The molecular weight excluding hydrogens is 279 g/mol. The van der Waals surface area contributed by atoms with Crippen molar-refractivity contribution in [1.82, 2.24) is 9.88 Å². The second-order valence-electron chi connectivity index (χ2n) is 5.44. The Labute approximate surface area is 128 Å². The molecule has 3 aromatic rings. The van der Waals surface area contributed by atoms with Gasteiger partial charge in [-0.15, -0.1) is 0 Å². The number of carbonyl (C=O) groups excluding carboxylic acids is 1. The molecule has 3 nitrogen and oxygen atoms in total. The molecule has 1 heterocycles. The average molecular weight is 296 g/mol. The molecule has 112 valence electrons. The maximum atomic E-state index is 13.2. The number of benzene rings is 2. The highest BCUT2D eigenvalue weighted by Gasteiger charge is 2.13. The molecule has 1 amide bonds. The third-order valence-electron chi connectivity index (χ3n) is 3.82. The number of amides is 1. The smallest absolute Gasteiger partial charge is 0.253 e. The van der Waals surface area contributed by atoms with E-state index in [1.165, 1.54) is 6.07 Å². The van der Waals surface area contributed by atoms with Crippen LogP contribution in [-0.4, -0.2) is 10.5 Å². The highest BCUT2D eigenvalue weighted by molar-refractivity contribution is 6.06. The van der Waals surface area contributed by atoms with Gasteiger partial charge in [-0.1, -0.05) is 30.3 Å². The van der Waals surface area contributed by atoms with Crippen LogP contribution in [0.2, 0.25) is 0 Å². The Hall–Kier alpha value is -2.62. The van der Waals surface area contributed by atoms with Gasteiger partial charge in [0.25, 0.3) is 5.91 Å². The lowest BCUT2D eigenvalue weighted by Gasteiger charge is -2.06. The summed E-state index contributed by atoms with van der Waals surface area (Å²) in [7, 11) is 1.92. The zero-order valence-corrected chi connectivity index (χ0v) is 12.6. The summed E-state index contributed by atoms with van der Waals surface area (Å²) in [5, 5.41) is 3.82. The van der Waals surface area contributed by atoms with Gasteiger partial charge in [0.05, 0.1) is 5.56 Å². The molecule has 3 rings (SSSR count). The fraction of sp³-hybridized carbons (Fsp3) is 0.167. The fourth-order valence-electron chi connectivity index (χ4n) is 2.62. The predicted molar refractivity (Wildman–Crippen MR) is 85.2 cm³/mol. The van der Waals surface area contributed by atoms with Crippen molar-refractivity contribution in [2.45, 2.75) is 13.5 Å². The topological polar surface area (TPSA) is 34.0 Å². The van der Waals surface area contributed by atoms with Gasteiger partial charge < -0.3 is 9.88 Å². The predicted octanol–water partition coefficient (Wildman–Crippen LogP) is 3.56. The number of rotatable bonds is 3. The van der Waals surface area contributed by atoms with Crippen molar-refractivity contribution in [3.63, 3.8) is 0 Å². The van der Waals surface area contributed by atoms with E-state index in [4.69, 9.17) is 0 Å². The maximum absolute atomic E-state index is 13.2. The van der Waals surface area contributed by atoms with E-state index in [1.54, 1.807) is 19.1 Å². The van der Waals surface area contributed by atoms with Crippen LogP contribution in [0, 0.1) is 12.7 Å². The van der Waals surface area contributed by atoms with E-state index in [0.717, 1.165) is 16.5 Å². The van der Waals surface area contributed by atoms with Crippen molar-refractivity contribution in [3.8, 4) is 0 Å². The fourth-order valence-corrected chi connectivity index (χ4v) is 2.62. The van der Waals surface area contributed by atoms with Gasteiger partial charge in [0.1, 0.15) is 5.82 Å². The zero-order valence-electron chi connectivity index (χ0n) is 12.6. The Balaban J connectivity index is 1.80. The molecular formula is C18H17FN2O. The summed E-state index contributed by atoms with van der Waals surface area (Å²) < 4.78 is 15.2. The summed E-state index contributed by atoms with van der Waals surface area (Å²) in [6.45, 7) is 2.09. The normalized spacial score (nSPS) is 10.9. The number of aryl methyl sites for hydroxylation is 2. The number of aromatic nitrogens is 1. The van der Waals surface area contributed by atoms with Crippen LogP contribution in [0.5, 0.6) is 0 Å². The highest BCUT2D eigenvalue weighted by Crippen LogP contribution is 2.20. The standard InChI is InChI=1S/C18H17FN2O/c1-12-9-13(7-8-16(12)19)10-20-18(22)15-11-21(2)17-6-4-3-5-14(15)17/h3-9,11H,10H2,1-2H3,(H,20,22). The first-order valence-electron chi connectivity index (χ1n) is 7.13. The molecule has 0 aliphatic rings. The molecule has 22 heavy (non-hydrogen) atoms. The van der Waals surface area contributed by atoms with Crippen molar-refractivity contribution in [2.75, 3.05) is 0 Å². The molecule has 0 aliphatic heterocycles. The Morgan fingerprint density at radius 1 is 1.23 bits per heavy atom. The number of para-hydroxylation sites is 1. The van der Waals surface area contributed by atoms with Crippen LogP contribution in [0.25, 0.3) is 10.9 Å². The van der Waals surface area contributed by atoms with E-state index in [9.17, 15) is 9.18 Å². The number of nitrogens with one attached hydrogen (secondary N) is 1. The quantitative estimate of drug-likeness (QED) is 0.788. The van der Waals surface area contributed by atoms with E-state index in [1.807, 2.05) is 42.1 Å². The summed E-state index contributed by atoms with van der Waals surface area (Å²) in [6, 6.07) is 12.6.